The zero-order valence-electron chi connectivity index (χ0n) is 17.0. The van der Waals surface area contributed by atoms with Gasteiger partial charge in [-0.3, -0.25) is 9.59 Å². The highest BCUT2D eigenvalue weighted by Crippen LogP contribution is 2.42. The van der Waals surface area contributed by atoms with Gasteiger partial charge in [0.05, 0.1) is 5.56 Å². The summed E-state index contributed by atoms with van der Waals surface area (Å²) in [7, 11) is 0. The molecule has 2 aliphatic rings. The SMILES string of the molecule is C[C@@H]1CCc2c(sc(NC(=O)COc3cccc4c3OC(C)(C)C4)c2C(N)=O)C1. The van der Waals surface area contributed by atoms with E-state index in [4.69, 9.17) is 15.2 Å². The largest absolute Gasteiger partial charge is 0.483 e. The summed E-state index contributed by atoms with van der Waals surface area (Å²) in [4.78, 5) is 25.7. The van der Waals surface area contributed by atoms with Crippen LogP contribution in [0.2, 0.25) is 0 Å². The van der Waals surface area contributed by atoms with E-state index in [1.54, 1.807) is 6.07 Å². The molecule has 2 aromatic rings. The fourth-order valence-corrected chi connectivity index (χ4v) is 5.54. The van der Waals surface area contributed by atoms with Gasteiger partial charge >= 0.3 is 0 Å². The van der Waals surface area contributed by atoms with E-state index in [-0.39, 0.29) is 18.1 Å². The Morgan fingerprint density at radius 3 is 2.93 bits per heavy atom. The highest BCUT2D eigenvalue weighted by molar-refractivity contribution is 7.17. The number of primary amides is 1. The quantitative estimate of drug-likeness (QED) is 0.780. The molecule has 0 fully saturated rings. The van der Waals surface area contributed by atoms with Crippen LogP contribution in [0.3, 0.4) is 0 Å². The summed E-state index contributed by atoms with van der Waals surface area (Å²) in [5.41, 5.74) is 7.85. The Morgan fingerprint density at radius 2 is 2.17 bits per heavy atom. The van der Waals surface area contributed by atoms with Crippen LogP contribution in [-0.2, 0) is 24.1 Å². The number of nitrogens with one attached hydrogen (secondary N) is 1. The summed E-state index contributed by atoms with van der Waals surface area (Å²) in [6.07, 6.45) is 3.56. The molecule has 0 bridgehead atoms. The molecule has 1 aromatic carbocycles. The first kappa shape index (κ1) is 19.8. The van der Waals surface area contributed by atoms with Crippen LogP contribution in [0, 0.1) is 5.92 Å². The Morgan fingerprint density at radius 1 is 1.38 bits per heavy atom. The highest BCUT2D eigenvalue weighted by Gasteiger charge is 2.32. The fraction of sp³-hybridized carbons (Fsp3) is 0.455. The monoisotopic (exact) mass is 414 g/mol. The normalized spacial score (nSPS) is 19.1. The van der Waals surface area contributed by atoms with Gasteiger partial charge in [0, 0.05) is 16.9 Å². The summed E-state index contributed by atoms with van der Waals surface area (Å²) >= 11 is 1.45. The van der Waals surface area contributed by atoms with Crippen molar-refractivity contribution in [3.8, 4) is 11.5 Å². The number of ether oxygens (including phenoxy) is 2. The predicted octanol–water partition coefficient (Wildman–Crippen LogP) is 3.70. The number of carbonyl (C=O) groups is 2. The van der Waals surface area contributed by atoms with Crippen molar-refractivity contribution in [3.63, 3.8) is 0 Å². The number of benzene rings is 1. The van der Waals surface area contributed by atoms with E-state index >= 15 is 0 Å². The molecule has 2 amide bonds. The third kappa shape index (κ3) is 3.96. The van der Waals surface area contributed by atoms with Gasteiger partial charge < -0.3 is 20.5 Å². The summed E-state index contributed by atoms with van der Waals surface area (Å²) in [6, 6.07) is 5.71. The van der Waals surface area contributed by atoms with Gasteiger partial charge in [-0.1, -0.05) is 19.1 Å². The van der Waals surface area contributed by atoms with Crippen molar-refractivity contribution >= 4 is 28.2 Å². The van der Waals surface area contributed by atoms with E-state index in [9.17, 15) is 9.59 Å². The predicted molar refractivity (Wildman–Crippen MR) is 113 cm³/mol. The topological polar surface area (TPSA) is 90.7 Å². The van der Waals surface area contributed by atoms with Gasteiger partial charge in [-0.2, -0.15) is 0 Å². The van der Waals surface area contributed by atoms with E-state index in [0.717, 1.165) is 41.7 Å². The number of hydrogen-bond donors (Lipinski definition) is 2. The lowest BCUT2D eigenvalue weighted by Crippen LogP contribution is -2.25. The number of amides is 2. The van der Waals surface area contributed by atoms with Crippen molar-refractivity contribution < 1.29 is 19.1 Å². The van der Waals surface area contributed by atoms with Crippen molar-refractivity contribution in [2.75, 3.05) is 11.9 Å². The average Bonchev–Trinajstić information content (AvgIpc) is 3.14. The molecule has 3 N–H and O–H groups in total. The molecule has 0 saturated heterocycles. The van der Waals surface area contributed by atoms with E-state index in [2.05, 4.69) is 12.2 Å². The number of thiophene rings is 1. The molecule has 1 atom stereocenters. The number of anilines is 1. The summed E-state index contributed by atoms with van der Waals surface area (Å²) in [5.74, 6) is 0.998. The Balaban J connectivity index is 1.47. The molecule has 2 heterocycles. The molecule has 0 spiro atoms. The molecular weight excluding hydrogens is 388 g/mol. The minimum Gasteiger partial charge on any atom is -0.483 e. The summed E-state index contributed by atoms with van der Waals surface area (Å²) in [6.45, 7) is 6.07. The zero-order valence-corrected chi connectivity index (χ0v) is 17.8. The molecular formula is C22H26N2O4S. The smallest absolute Gasteiger partial charge is 0.262 e. The lowest BCUT2D eigenvalue weighted by molar-refractivity contribution is -0.118. The summed E-state index contributed by atoms with van der Waals surface area (Å²) in [5, 5.41) is 3.36. The second kappa shape index (κ2) is 7.37. The number of nitrogens with two attached hydrogens (primary N) is 1. The van der Waals surface area contributed by atoms with E-state index in [0.29, 0.717) is 28.0 Å². The maximum atomic E-state index is 12.5. The van der Waals surface area contributed by atoms with Crippen molar-refractivity contribution in [2.24, 2.45) is 11.7 Å². The van der Waals surface area contributed by atoms with Crippen LogP contribution in [-0.4, -0.2) is 24.0 Å². The number of para-hydroxylation sites is 1. The molecule has 0 unspecified atom stereocenters. The number of rotatable bonds is 5. The fourth-order valence-electron chi connectivity index (χ4n) is 4.11. The third-order valence-corrected chi connectivity index (χ3v) is 6.59. The van der Waals surface area contributed by atoms with Crippen molar-refractivity contribution in [3.05, 3.63) is 39.8 Å². The standard InChI is InChI=1S/C22H26N2O4S/c1-12-7-8-14-16(9-12)29-21(18(14)20(23)26)24-17(25)11-27-15-6-4-5-13-10-22(2,3)28-19(13)15/h4-6,12H,7-11H2,1-3H3,(H2,23,26)(H,24,25)/t12-/m1/s1. The lowest BCUT2D eigenvalue weighted by Gasteiger charge is -2.18. The van der Waals surface area contributed by atoms with Crippen molar-refractivity contribution in [2.45, 2.75) is 52.1 Å². The van der Waals surface area contributed by atoms with Gasteiger partial charge in [-0.15, -0.1) is 11.3 Å². The first-order valence-corrected chi connectivity index (χ1v) is 10.7. The van der Waals surface area contributed by atoms with Crippen molar-refractivity contribution in [1.29, 1.82) is 0 Å². The average molecular weight is 415 g/mol. The van der Waals surface area contributed by atoms with Gasteiger partial charge in [0.2, 0.25) is 0 Å². The number of carbonyl (C=O) groups excluding carboxylic acids is 2. The van der Waals surface area contributed by atoms with Crippen LogP contribution in [0.4, 0.5) is 5.00 Å². The maximum Gasteiger partial charge on any atom is 0.262 e. The van der Waals surface area contributed by atoms with Crippen LogP contribution in [0.15, 0.2) is 18.2 Å². The molecule has 6 nitrogen and oxygen atoms in total. The Labute approximate surface area is 174 Å². The van der Waals surface area contributed by atoms with Gasteiger partial charge in [0.1, 0.15) is 10.6 Å². The van der Waals surface area contributed by atoms with Crippen LogP contribution >= 0.6 is 11.3 Å². The molecule has 1 aliphatic carbocycles. The molecule has 0 radical (unpaired) electrons. The first-order valence-electron chi connectivity index (χ1n) is 9.91. The summed E-state index contributed by atoms with van der Waals surface area (Å²) < 4.78 is 11.7. The second-order valence-electron chi connectivity index (χ2n) is 8.54. The van der Waals surface area contributed by atoms with E-state index < -0.39 is 5.91 Å². The molecule has 1 aromatic heterocycles. The van der Waals surface area contributed by atoms with Crippen LogP contribution in [0.25, 0.3) is 0 Å². The number of hydrogen-bond acceptors (Lipinski definition) is 5. The molecule has 7 heteroatoms. The molecule has 1 aliphatic heterocycles. The van der Waals surface area contributed by atoms with E-state index in [1.807, 2.05) is 26.0 Å². The minimum absolute atomic E-state index is 0.169. The van der Waals surface area contributed by atoms with Crippen LogP contribution in [0.5, 0.6) is 11.5 Å². The molecule has 4 rings (SSSR count). The minimum atomic E-state index is -0.496. The third-order valence-electron chi connectivity index (χ3n) is 5.42. The Hall–Kier alpha value is -2.54. The van der Waals surface area contributed by atoms with Crippen LogP contribution in [0.1, 0.15) is 53.6 Å². The highest BCUT2D eigenvalue weighted by atomic mass is 32.1. The van der Waals surface area contributed by atoms with E-state index in [1.165, 1.54) is 11.3 Å². The Kier molecular flexibility index (Phi) is 5.02. The number of fused-ring (bicyclic) bond motifs is 2. The lowest BCUT2D eigenvalue weighted by atomic mass is 9.88. The maximum absolute atomic E-state index is 12.5. The van der Waals surface area contributed by atoms with Crippen molar-refractivity contribution in [1.82, 2.24) is 0 Å². The van der Waals surface area contributed by atoms with Gasteiger partial charge in [-0.05, 0) is 50.7 Å². The zero-order chi connectivity index (χ0) is 20.8. The molecule has 154 valence electrons. The molecule has 0 saturated carbocycles. The van der Waals surface area contributed by atoms with Gasteiger partial charge in [0.25, 0.3) is 11.8 Å². The molecule has 29 heavy (non-hydrogen) atoms. The second-order valence-corrected chi connectivity index (χ2v) is 9.65. The van der Waals surface area contributed by atoms with Gasteiger partial charge in [-0.25, -0.2) is 0 Å². The van der Waals surface area contributed by atoms with Crippen LogP contribution < -0.4 is 20.5 Å². The Bertz CT molecular complexity index is 979. The van der Waals surface area contributed by atoms with Gasteiger partial charge in [0.15, 0.2) is 18.1 Å². The first-order chi connectivity index (χ1) is 13.7.